The molecule has 1 heterocycles. The standard InChI is InChI=1S/C15H20ClN3/c1-12(19-7-3-2-4-8-19)11-18-15-6-5-14(16)9-13(15)10-17/h5-6,9,12,18H,2-4,7-8,11H2,1H3. The highest BCUT2D eigenvalue weighted by Crippen LogP contribution is 2.20. The van der Waals surface area contributed by atoms with E-state index in [1.165, 1.54) is 32.4 Å². The largest absolute Gasteiger partial charge is 0.382 e. The Balaban J connectivity index is 1.93. The molecule has 3 nitrogen and oxygen atoms in total. The van der Waals surface area contributed by atoms with Crippen LogP contribution in [0.1, 0.15) is 31.7 Å². The molecular formula is C15H20ClN3. The number of halogens is 1. The molecule has 1 saturated heterocycles. The molecule has 0 aromatic heterocycles. The normalized spacial score (nSPS) is 17.7. The first-order valence-electron chi connectivity index (χ1n) is 6.88. The molecule has 1 N–H and O–H groups in total. The molecular weight excluding hydrogens is 258 g/mol. The van der Waals surface area contributed by atoms with Gasteiger partial charge < -0.3 is 5.32 Å². The monoisotopic (exact) mass is 277 g/mol. The fourth-order valence-corrected chi connectivity index (χ4v) is 2.68. The van der Waals surface area contributed by atoms with Crippen molar-refractivity contribution < 1.29 is 0 Å². The molecule has 1 unspecified atom stereocenters. The summed E-state index contributed by atoms with van der Waals surface area (Å²) in [7, 11) is 0. The first-order valence-corrected chi connectivity index (χ1v) is 7.26. The van der Waals surface area contributed by atoms with E-state index in [9.17, 15) is 0 Å². The molecule has 2 rings (SSSR count). The van der Waals surface area contributed by atoms with Crippen molar-refractivity contribution in [2.24, 2.45) is 0 Å². The molecule has 19 heavy (non-hydrogen) atoms. The number of nitrogens with zero attached hydrogens (tertiary/aromatic N) is 2. The number of piperidine rings is 1. The van der Waals surface area contributed by atoms with Crippen molar-refractivity contribution in [1.29, 1.82) is 5.26 Å². The first kappa shape index (κ1) is 14.2. The van der Waals surface area contributed by atoms with Gasteiger partial charge in [0.1, 0.15) is 6.07 Å². The second-order valence-electron chi connectivity index (χ2n) is 5.13. The molecule has 1 aliphatic rings. The van der Waals surface area contributed by atoms with Gasteiger partial charge in [0.25, 0.3) is 0 Å². The molecule has 0 spiro atoms. The minimum absolute atomic E-state index is 0.488. The van der Waals surface area contributed by atoms with Gasteiger partial charge in [0.2, 0.25) is 0 Å². The summed E-state index contributed by atoms with van der Waals surface area (Å²) in [6.07, 6.45) is 3.95. The Bertz CT molecular complexity index is 461. The minimum Gasteiger partial charge on any atom is -0.382 e. The van der Waals surface area contributed by atoms with Crippen molar-refractivity contribution in [2.75, 3.05) is 25.0 Å². The zero-order valence-electron chi connectivity index (χ0n) is 11.3. The highest BCUT2D eigenvalue weighted by molar-refractivity contribution is 6.30. The summed E-state index contributed by atoms with van der Waals surface area (Å²) in [4.78, 5) is 2.51. The van der Waals surface area contributed by atoms with Crippen LogP contribution in [0.15, 0.2) is 18.2 Å². The Labute approximate surface area is 120 Å². The smallest absolute Gasteiger partial charge is 0.101 e. The van der Waals surface area contributed by atoms with Crippen molar-refractivity contribution in [3.8, 4) is 6.07 Å². The van der Waals surface area contributed by atoms with Gasteiger partial charge in [0.15, 0.2) is 0 Å². The molecule has 1 aliphatic heterocycles. The van der Waals surface area contributed by atoms with Crippen LogP contribution in [-0.4, -0.2) is 30.6 Å². The third-order valence-electron chi connectivity index (χ3n) is 3.70. The molecule has 0 radical (unpaired) electrons. The summed E-state index contributed by atoms with van der Waals surface area (Å²) in [5, 5.41) is 13.1. The van der Waals surface area contributed by atoms with Crippen LogP contribution in [0, 0.1) is 11.3 Å². The molecule has 4 heteroatoms. The van der Waals surface area contributed by atoms with Crippen molar-refractivity contribution in [2.45, 2.75) is 32.2 Å². The number of hydrogen-bond acceptors (Lipinski definition) is 3. The Morgan fingerprint density at radius 1 is 1.37 bits per heavy atom. The van der Waals surface area contributed by atoms with E-state index in [0.717, 1.165) is 12.2 Å². The van der Waals surface area contributed by atoms with E-state index in [1.54, 1.807) is 6.07 Å². The summed E-state index contributed by atoms with van der Waals surface area (Å²) in [5.74, 6) is 0. The van der Waals surface area contributed by atoms with Crippen molar-refractivity contribution >= 4 is 17.3 Å². The van der Waals surface area contributed by atoms with Crippen molar-refractivity contribution in [1.82, 2.24) is 4.90 Å². The molecule has 1 fully saturated rings. The predicted molar refractivity (Wildman–Crippen MR) is 79.5 cm³/mol. The Morgan fingerprint density at radius 2 is 2.11 bits per heavy atom. The van der Waals surface area contributed by atoms with Crippen LogP contribution in [-0.2, 0) is 0 Å². The molecule has 0 amide bonds. The summed E-state index contributed by atoms with van der Waals surface area (Å²) in [6.45, 7) is 5.47. The van der Waals surface area contributed by atoms with Crippen LogP contribution in [0.3, 0.4) is 0 Å². The number of rotatable bonds is 4. The van der Waals surface area contributed by atoms with E-state index in [2.05, 4.69) is 23.2 Å². The van der Waals surface area contributed by atoms with Crippen molar-refractivity contribution in [3.05, 3.63) is 28.8 Å². The topological polar surface area (TPSA) is 39.1 Å². The fourth-order valence-electron chi connectivity index (χ4n) is 2.51. The van der Waals surface area contributed by atoms with Gasteiger partial charge in [0, 0.05) is 17.6 Å². The van der Waals surface area contributed by atoms with Crippen LogP contribution in [0.2, 0.25) is 5.02 Å². The predicted octanol–water partition coefficient (Wildman–Crippen LogP) is 3.50. The van der Waals surface area contributed by atoms with Gasteiger partial charge in [-0.15, -0.1) is 0 Å². The number of hydrogen-bond donors (Lipinski definition) is 1. The van der Waals surface area contributed by atoms with E-state index in [0.29, 0.717) is 16.6 Å². The van der Waals surface area contributed by atoms with E-state index >= 15 is 0 Å². The van der Waals surface area contributed by atoms with Crippen LogP contribution in [0.4, 0.5) is 5.69 Å². The highest BCUT2D eigenvalue weighted by atomic mass is 35.5. The summed E-state index contributed by atoms with van der Waals surface area (Å²) < 4.78 is 0. The van der Waals surface area contributed by atoms with Gasteiger partial charge in [-0.05, 0) is 51.1 Å². The van der Waals surface area contributed by atoms with Gasteiger partial charge in [-0.3, -0.25) is 4.90 Å². The average Bonchev–Trinajstić information content (AvgIpc) is 2.46. The van der Waals surface area contributed by atoms with E-state index in [-0.39, 0.29) is 0 Å². The lowest BCUT2D eigenvalue weighted by Crippen LogP contribution is -2.41. The fraction of sp³-hybridized carbons (Fsp3) is 0.533. The van der Waals surface area contributed by atoms with Crippen molar-refractivity contribution in [3.63, 3.8) is 0 Å². The van der Waals surface area contributed by atoms with E-state index in [4.69, 9.17) is 16.9 Å². The second kappa shape index (κ2) is 6.79. The van der Waals surface area contributed by atoms with Crippen LogP contribution in [0.25, 0.3) is 0 Å². The molecule has 1 aromatic rings. The van der Waals surface area contributed by atoms with Crippen LogP contribution in [0.5, 0.6) is 0 Å². The third kappa shape index (κ3) is 3.86. The number of benzene rings is 1. The highest BCUT2D eigenvalue weighted by Gasteiger charge is 2.16. The number of anilines is 1. The van der Waals surface area contributed by atoms with Gasteiger partial charge in [-0.2, -0.15) is 5.26 Å². The van der Waals surface area contributed by atoms with E-state index < -0.39 is 0 Å². The maximum absolute atomic E-state index is 9.10. The maximum atomic E-state index is 9.10. The zero-order chi connectivity index (χ0) is 13.7. The van der Waals surface area contributed by atoms with Gasteiger partial charge >= 0.3 is 0 Å². The molecule has 0 saturated carbocycles. The Hall–Kier alpha value is -1.24. The lowest BCUT2D eigenvalue weighted by Gasteiger charge is -2.32. The summed E-state index contributed by atoms with van der Waals surface area (Å²) >= 11 is 5.89. The molecule has 0 aliphatic carbocycles. The maximum Gasteiger partial charge on any atom is 0.101 e. The lowest BCUT2D eigenvalue weighted by molar-refractivity contribution is 0.180. The van der Waals surface area contributed by atoms with Gasteiger partial charge in [-0.25, -0.2) is 0 Å². The van der Waals surface area contributed by atoms with Crippen LogP contribution < -0.4 is 5.32 Å². The third-order valence-corrected chi connectivity index (χ3v) is 3.94. The Morgan fingerprint density at radius 3 is 2.79 bits per heavy atom. The average molecular weight is 278 g/mol. The SMILES string of the molecule is CC(CNc1ccc(Cl)cc1C#N)N1CCCCC1. The number of nitrogens with one attached hydrogen (secondary N) is 1. The first-order chi connectivity index (χ1) is 9.20. The molecule has 1 aromatic carbocycles. The second-order valence-corrected chi connectivity index (χ2v) is 5.56. The quantitative estimate of drug-likeness (QED) is 0.916. The van der Waals surface area contributed by atoms with Crippen LogP contribution >= 0.6 is 11.6 Å². The number of nitriles is 1. The summed E-state index contributed by atoms with van der Waals surface area (Å²) in [5.41, 5.74) is 1.48. The zero-order valence-corrected chi connectivity index (χ0v) is 12.1. The lowest BCUT2D eigenvalue weighted by atomic mass is 10.1. The van der Waals surface area contributed by atoms with E-state index in [1.807, 2.05) is 12.1 Å². The van der Waals surface area contributed by atoms with Gasteiger partial charge in [0.05, 0.1) is 11.3 Å². The minimum atomic E-state index is 0.488. The Kier molecular flexibility index (Phi) is 5.07. The molecule has 102 valence electrons. The van der Waals surface area contributed by atoms with Gasteiger partial charge in [-0.1, -0.05) is 18.0 Å². The summed E-state index contributed by atoms with van der Waals surface area (Å²) in [6, 6.07) is 8.07. The number of likely N-dealkylation sites (tertiary alicyclic amines) is 1. The molecule has 1 atom stereocenters. The molecule has 0 bridgehead atoms.